The third kappa shape index (κ3) is 3.93. The van der Waals surface area contributed by atoms with Gasteiger partial charge in [-0.2, -0.15) is 0 Å². The van der Waals surface area contributed by atoms with Crippen molar-refractivity contribution in [3.05, 3.63) is 84.5 Å². The number of amides is 2. The van der Waals surface area contributed by atoms with Gasteiger partial charge >= 0.3 is 11.9 Å². The maximum atomic E-state index is 13.6. The van der Waals surface area contributed by atoms with Crippen LogP contribution < -0.4 is 5.32 Å². The molecule has 5 rings (SSSR count). The van der Waals surface area contributed by atoms with Crippen LogP contribution in [0.1, 0.15) is 22.4 Å². The Kier molecular flexibility index (Phi) is 5.80. The number of nitrogens with zero attached hydrogens (tertiary/aromatic N) is 4. The first-order valence-electron chi connectivity index (χ1n) is 10.8. The summed E-state index contributed by atoms with van der Waals surface area (Å²) in [5.41, 5.74) is -1.72. The number of benzene rings is 1. The van der Waals surface area contributed by atoms with E-state index in [1.165, 1.54) is 47.9 Å². The molecule has 2 amide bonds. The number of nitro groups is 2. The van der Waals surface area contributed by atoms with Crippen LogP contribution >= 0.6 is 11.3 Å². The highest BCUT2D eigenvalue weighted by molar-refractivity contribution is 7.09. The molecule has 0 radical (unpaired) electrons. The molecular weight excluding hydrogens is 510 g/mol. The predicted molar refractivity (Wildman–Crippen MR) is 123 cm³/mol. The molecule has 15 heteroatoms. The van der Waals surface area contributed by atoms with Crippen LogP contribution in [0.4, 0.5) is 11.6 Å². The number of likely N-dealkylation sites (tertiary alicyclic amines) is 1. The maximum absolute atomic E-state index is 13.6. The van der Waals surface area contributed by atoms with Gasteiger partial charge in [-0.15, -0.1) is 11.3 Å². The second-order valence-corrected chi connectivity index (χ2v) is 9.56. The van der Waals surface area contributed by atoms with Crippen LogP contribution in [0.2, 0.25) is 0 Å². The number of rotatable bonds is 8. The Morgan fingerprint density at radius 1 is 1.14 bits per heavy atom. The summed E-state index contributed by atoms with van der Waals surface area (Å²) in [6.45, 7) is -0.406. The first-order chi connectivity index (χ1) is 17.6. The number of furan rings is 1. The van der Waals surface area contributed by atoms with Crippen LogP contribution in [0.3, 0.4) is 0 Å². The Bertz CT molecular complexity index is 1420. The van der Waals surface area contributed by atoms with E-state index >= 15 is 0 Å². The highest BCUT2D eigenvalue weighted by atomic mass is 32.1. The largest absolute Gasteiger partial charge is 0.480 e. The summed E-state index contributed by atoms with van der Waals surface area (Å²) in [4.78, 5) is 65.7. The number of carboxylic acids is 1. The van der Waals surface area contributed by atoms with Crippen LogP contribution in [-0.2, 0) is 27.3 Å². The van der Waals surface area contributed by atoms with E-state index in [1.54, 1.807) is 5.38 Å². The van der Waals surface area contributed by atoms with Crippen molar-refractivity contribution in [3.63, 3.8) is 0 Å². The third-order valence-corrected chi connectivity index (χ3v) is 7.47. The summed E-state index contributed by atoms with van der Waals surface area (Å²) in [6, 6.07) is 6.73. The number of aliphatic carboxylic acids is 1. The van der Waals surface area contributed by atoms with Gasteiger partial charge in [-0.1, -0.05) is 12.1 Å². The Balaban J connectivity index is 1.54. The predicted octanol–water partition coefficient (Wildman–Crippen LogP) is 2.06. The van der Waals surface area contributed by atoms with Gasteiger partial charge in [0, 0.05) is 30.1 Å². The lowest BCUT2D eigenvalue weighted by Gasteiger charge is -2.31. The summed E-state index contributed by atoms with van der Waals surface area (Å²) in [6.07, 6.45) is 1.25. The Morgan fingerprint density at radius 3 is 2.43 bits per heavy atom. The Hall–Kier alpha value is -4.50. The summed E-state index contributed by atoms with van der Waals surface area (Å²) in [7, 11) is 0. The molecule has 2 aliphatic heterocycles. The Morgan fingerprint density at radius 2 is 1.86 bits per heavy atom. The van der Waals surface area contributed by atoms with E-state index in [9.17, 15) is 39.7 Å². The molecule has 2 aromatic heterocycles. The molecule has 0 aliphatic carbocycles. The lowest BCUT2D eigenvalue weighted by Crippen LogP contribution is -2.57. The summed E-state index contributed by atoms with van der Waals surface area (Å²) < 4.78 is 5.11. The van der Waals surface area contributed by atoms with Crippen molar-refractivity contribution in [1.82, 2.24) is 15.2 Å². The van der Waals surface area contributed by atoms with Gasteiger partial charge in [0.05, 0.1) is 35.4 Å². The minimum Gasteiger partial charge on any atom is -0.480 e. The molecule has 4 unspecified atom stereocenters. The second kappa shape index (κ2) is 8.86. The average molecular weight is 527 g/mol. The number of fused-ring (bicyclic) bond motifs is 1. The van der Waals surface area contributed by atoms with Crippen molar-refractivity contribution in [2.24, 2.45) is 11.8 Å². The molecule has 2 aliphatic rings. The SMILES string of the molecule is O=C1C2C(c3nccs3)NC(Cc3ccc([N+](=O)[O-])cc3)(C(=O)O)C2C(=O)N1Cc1ccc([N+](=O)[O-])o1. The van der Waals surface area contributed by atoms with Gasteiger partial charge in [0.1, 0.15) is 21.2 Å². The number of thiazole rings is 1. The van der Waals surface area contributed by atoms with Crippen LogP contribution in [-0.4, -0.2) is 48.2 Å². The minimum atomic E-state index is -1.94. The number of hydrogen-bond acceptors (Lipinski definition) is 11. The fraction of sp³-hybridized carbons (Fsp3) is 0.273. The molecule has 0 bridgehead atoms. The molecule has 3 aromatic rings. The summed E-state index contributed by atoms with van der Waals surface area (Å²) >= 11 is 1.19. The van der Waals surface area contributed by atoms with Gasteiger partial charge in [-0.25, -0.2) is 4.98 Å². The number of carboxylic acid groups (broad SMARTS) is 1. The lowest BCUT2D eigenvalue weighted by molar-refractivity contribution is -0.402. The quantitative estimate of drug-likeness (QED) is 0.247. The Labute approximate surface area is 210 Å². The van der Waals surface area contributed by atoms with Crippen molar-refractivity contribution in [2.45, 2.75) is 24.5 Å². The topological polar surface area (TPSA) is 199 Å². The first-order valence-corrected chi connectivity index (χ1v) is 11.7. The average Bonchev–Trinajstić information content (AvgIpc) is 3.64. The van der Waals surface area contributed by atoms with Crippen molar-refractivity contribution < 1.29 is 33.8 Å². The molecular formula is C22H17N5O9S. The second-order valence-electron chi connectivity index (χ2n) is 8.63. The zero-order valence-electron chi connectivity index (χ0n) is 18.7. The van der Waals surface area contributed by atoms with Gasteiger partial charge in [0.25, 0.3) is 5.69 Å². The van der Waals surface area contributed by atoms with E-state index in [1.807, 2.05) is 0 Å². The van der Waals surface area contributed by atoms with Crippen molar-refractivity contribution >= 4 is 40.7 Å². The van der Waals surface area contributed by atoms with Gasteiger partial charge in [0.15, 0.2) is 0 Å². The highest BCUT2D eigenvalue weighted by Crippen LogP contribution is 2.50. The standard InChI is InChI=1S/C22H17N5O9S/c28-19-15-16(20(29)25(19)10-13-5-6-14(36-13)27(34)35)22(21(30)31,24-17(15)18-23-7-8-37-18)9-11-1-3-12(4-2-11)26(32)33/h1-8,15-17,24H,9-10H2,(H,30,31). The fourth-order valence-corrected chi connectivity index (χ4v) is 5.75. The van der Waals surface area contributed by atoms with E-state index in [-0.39, 0.29) is 17.9 Å². The number of nitrogens with one attached hydrogen (secondary N) is 1. The highest BCUT2D eigenvalue weighted by Gasteiger charge is 2.68. The zero-order valence-corrected chi connectivity index (χ0v) is 19.5. The molecule has 2 fully saturated rings. The first kappa shape index (κ1) is 24.2. The van der Waals surface area contributed by atoms with E-state index in [0.717, 1.165) is 11.0 Å². The zero-order chi connectivity index (χ0) is 26.5. The molecule has 190 valence electrons. The van der Waals surface area contributed by atoms with Gasteiger partial charge in [-0.05, 0) is 11.6 Å². The lowest BCUT2D eigenvalue weighted by atomic mass is 9.76. The number of carbonyl (C=O) groups excluding carboxylic acids is 2. The number of aromatic nitrogens is 1. The third-order valence-electron chi connectivity index (χ3n) is 6.62. The minimum absolute atomic E-state index is 0.0107. The van der Waals surface area contributed by atoms with Crippen molar-refractivity contribution in [1.29, 1.82) is 0 Å². The summed E-state index contributed by atoms with van der Waals surface area (Å²) in [5.74, 6) is -5.84. The molecule has 2 N–H and O–H groups in total. The molecule has 0 spiro atoms. The van der Waals surface area contributed by atoms with Crippen LogP contribution in [0.25, 0.3) is 0 Å². The van der Waals surface area contributed by atoms with Crippen LogP contribution in [0, 0.1) is 32.1 Å². The number of carbonyl (C=O) groups is 3. The van der Waals surface area contributed by atoms with E-state index in [4.69, 9.17) is 4.42 Å². The molecule has 1 aromatic carbocycles. The van der Waals surface area contributed by atoms with Crippen molar-refractivity contribution in [3.8, 4) is 0 Å². The van der Waals surface area contributed by atoms with Gasteiger partial charge in [-0.3, -0.25) is 44.8 Å². The van der Waals surface area contributed by atoms with Gasteiger partial charge < -0.3 is 9.52 Å². The fourth-order valence-electron chi connectivity index (χ4n) is 5.02. The normalized spacial score (nSPS) is 24.9. The van der Waals surface area contributed by atoms with E-state index in [0.29, 0.717) is 10.6 Å². The van der Waals surface area contributed by atoms with Crippen LogP contribution in [0.15, 0.2) is 52.4 Å². The molecule has 4 heterocycles. The maximum Gasteiger partial charge on any atom is 0.433 e. The van der Waals surface area contributed by atoms with Crippen molar-refractivity contribution in [2.75, 3.05) is 0 Å². The molecule has 37 heavy (non-hydrogen) atoms. The number of hydrogen-bond donors (Lipinski definition) is 2. The monoisotopic (exact) mass is 527 g/mol. The number of non-ortho nitro benzene ring substituents is 1. The van der Waals surface area contributed by atoms with E-state index < -0.39 is 63.5 Å². The molecule has 2 saturated heterocycles. The van der Waals surface area contributed by atoms with E-state index in [2.05, 4.69) is 10.3 Å². The number of nitro benzene ring substituents is 1. The molecule has 4 atom stereocenters. The summed E-state index contributed by atoms with van der Waals surface area (Å²) in [5, 5.41) is 37.4. The van der Waals surface area contributed by atoms with Gasteiger partial charge in [0.2, 0.25) is 11.8 Å². The molecule has 14 nitrogen and oxygen atoms in total. The smallest absolute Gasteiger partial charge is 0.433 e. The number of imide groups is 1. The molecule has 0 saturated carbocycles. The van der Waals surface area contributed by atoms with Crippen LogP contribution in [0.5, 0.6) is 0 Å².